The van der Waals surface area contributed by atoms with E-state index in [0.717, 1.165) is 16.9 Å². The maximum Gasteiger partial charge on any atom is 0.335 e. The number of ether oxygens (including phenoxy) is 1. The standard InChI is InChI=1S/C15H15NO3/c1-9-4-3-5-13(10(9)2)19-14-7-6-11(15(17)18)8-12(14)16/h3-8H,16H2,1-2H3,(H,17,18). The maximum atomic E-state index is 10.8. The van der Waals surface area contributed by atoms with Crippen LogP contribution in [0.15, 0.2) is 36.4 Å². The molecular weight excluding hydrogens is 242 g/mol. The Hall–Kier alpha value is -2.49. The first-order valence-corrected chi connectivity index (χ1v) is 5.86. The number of benzene rings is 2. The van der Waals surface area contributed by atoms with Crippen molar-refractivity contribution in [2.45, 2.75) is 13.8 Å². The van der Waals surface area contributed by atoms with E-state index in [4.69, 9.17) is 15.6 Å². The highest BCUT2D eigenvalue weighted by atomic mass is 16.5. The van der Waals surface area contributed by atoms with Gasteiger partial charge in [-0.15, -0.1) is 0 Å². The van der Waals surface area contributed by atoms with Gasteiger partial charge in [-0.3, -0.25) is 0 Å². The summed E-state index contributed by atoms with van der Waals surface area (Å²) in [6.07, 6.45) is 0. The third-order valence-corrected chi connectivity index (χ3v) is 3.03. The molecule has 0 radical (unpaired) electrons. The Labute approximate surface area is 111 Å². The van der Waals surface area contributed by atoms with E-state index in [1.54, 1.807) is 6.07 Å². The molecule has 0 aliphatic rings. The second kappa shape index (κ2) is 5.02. The monoisotopic (exact) mass is 257 g/mol. The fourth-order valence-corrected chi connectivity index (χ4v) is 1.73. The van der Waals surface area contributed by atoms with Crippen LogP contribution in [-0.2, 0) is 0 Å². The number of aryl methyl sites for hydroxylation is 1. The third-order valence-electron chi connectivity index (χ3n) is 3.03. The number of carbonyl (C=O) groups is 1. The van der Waals surface area contributed by atoms with Gasteiger partial charge in [0.1, 0.15) is 11.5 Å². The molecule has 0 aliphatic heterocycles. The Balaban J connectivity index is 2.34. The highest BCUT2D eigenvalue weighted by molar-refractivity contribution is 5.89. The lowest BCUT2D eigenvalue weighted by Gasteiger charge is -2.12. The Morgan fingerprint density at radius 2 is 1.89 bits per heavy atom. The van der Waals surface area contributed by atoms with Gasteiger partial charge in [-0.2, -0.15) is 0 Å². The highest BCUT2D eigenvalue weighted by Gasteiger charge is 2.09. The maximum absolute atomic E-state index is 10.8. The number of carboxylic acids is 1. The molecule has 0 saturated heterocycles. The molecule has 2 aromatic rings. The number of nitrogen functional groups attached to an aromatic ring is 1. The van der Waals surface area contributed by atoms with Crippen LogP contribution in [0.5, 0.6) is 11.5 Å². The molecule has 2 aromatic carbocycles. The summed E-state index contributed by atoms with van der Waals surface area (Å²) in [5.41, 5.74) is 8.41. The molecule has 0 bridgehead atoms. The van der Waals surface area contributed by atoms with Crippen LogP contribution < -0.4 is 10.5 Å². The van der Waals surface area contributed by atoms with Crippen molar-refractivity contribution in [1.82, 2.24) is 0 Å². The Morgan fingerprint density at radius 1 is 1.16 bits per heavy atom. The molecule has 3 N–H and O–H groups in total. The van der Waals surface area contributed by atoms with E-state index in [9.17, 15) is 4.79 Å². The van der Waals surface area contributed by atoms with Crippen molar-refractivity contribution < 1.29 is 14.6 Å². The van der Waals surface area contributed by atoms with Crippen molar-refractivity contribution in [2.24, 2.45) is 0 Å². The number of anilines is 1. The molecular formula is C15H15NO3. The van der Waals surface area contributed by atoms with Crippen LogP contribution >= 0.6 is 0 Å². The molecule has 4 heteroatoms. The zero-order chi connectivity index (χ0) is 14.0. The summed E-state index contributed by atoms with van der Waals surface area (Å²) >= 11 is 0. The normalized spacial score (nSPS) is 10.2. The number of hydrogen-bond donors (Lipinski definition) is 2. The van der Waals surface area contributed by atoms with Crippen LogP contribution in [0, 0.1) is 13.8 Å². The summed E-state index contributed by atoms with van der Waals surface area (Å²) < 4.78 is 5.74. The molecule has 0 amide bonds. The van der Waals surface area contributed by atoms with Gasteiger partial charge >= 0.3 is 5.97 Å². The predicted molar refractivity (Wildman–Crippen MR) is 73.8 cm³/mol. The summed E-state index contributed by atoms with van der Waals surface area (Å²) in [5.74, 6) is 0.165. The van der Waals surface area contributed by atoms with E-state index in [1.807, 2.05) is 32.0 Å². The van der Waals surface area contributed by atoms with E-state index in [2.05, 4.69) is 0 Å². The van der Waals surface area contributed by atoms with Crippen molar-refractivity contribution in [3.63, 3.8) is 0 Å². The van der Waals surface area contributed by atoms with Gasteiger partial charge in [-0.1, -0.05) is 12.1 Å². The van der Waals surface area contributed by atoms with E-state index in [-0.39, 0.29) is 5.56 Å². The fourth-order valence-electron chi connectivity index (χ4n) is 1.73. The van der Waals surface area contributed by atoms with E-state index >= 15 is 0 Å². The Bertz CT molecular complexity index is 635. The van der Waals surface area contributed by atoms with Crippen molar-refractivity contribution in [3.8, 4) is 11.5 Å². The second-order valence-electron chi connectivity index (χ2n) is 4.36. The van der Waals surface area contributed by atoms with Gasteiger partial charge in [0.25, 0.3) is 0 Å². The molecule has 0 aromatic heterocycles. The third kappa shape index (κ3) is 2.68. The van der Waals surface area contributed by atoms with Gasteiger partial charge in [0.05, 0.1) is 11.3 Å². The highest BCUT2D eigenvalue weighted by Crippen LogP contribution is 2.31. The van der Waals surface area contributed by atoms with Crippen LogP contribution in [0.3, 0.4) is 0 Å². The molecule has 0 fully saturated rings. The van der Waals surface area contributed by atoms with Crippen molar-refractivity contribution >= 4 is 11.7 Å². The molecule has 98 valence electrons. The molecule has 4 nitrogen and oxygen atoms in total. The number of carboxylic acid groups (broad SMARTS) is 1. The van der Waals surface area contributed by atoms with Crippen molar-refractivity contribution in [3.05, 3.63) is 53.1 Å². The molecule has 0 saturated carbocycles. The summed E-state index contributed by atoms with van der Waals surface area (Å²) in [6, 6.07) is 10.2. The van der Waals surface area contributed by atoms with Crippen LogP contribution in [-0.4, -0.2) is 11.1 Å². The average Bonchev–Trinajstić information content (AvgIpc) is 2.37. The van der Waals surface area contributed by atoms with Gasteiger partial charge in [-0.05, 0) is 49.2 Å². The molecule has 0 unspecified atom stereocenters. The number of nitrogens with two attached hydrogens (primary N) is 1. The Kier molecular flexibility index (Phi) is 3.42. The van der Waals surface area contributed by atoms with Crippen LogP contribution in [0.4, 0.5) is 5.69 Å². The minimum absolute atomic E-state index is 0.144. The molecule has 0 spiro atoms. The summed E-state index contributed by atoms with van der Waals surface area (Å²) in [7, 11) is 0. The largest absolute Gasteiger partial charge is 0.478 e. The van der Waals surface area contributed by atoms with Gasteiger partial charge in [0.2, 0.25) is 0 Å². The molecule has 0 atom stereocenters. The van der Waals surface area contributed by atoms with Gasteiger partial charge < -0.3 is 15.6 Å². The van der Waals surface area contributed by atoms with E-state index < -0.39 is 5.97 Å². The molecule has 2 rings (SSSR count). The number of aromatic carboxylic acids is 1. The van der Waals surface area contributed by atoms with Gasteiger partial charge in [0.15, 0.2) is 0 Å². The summed E-state index contributed by atoms with van der Waals surface area (Å²) in [6.45, 7) is 3.96. The number of hydrogen-bond acceptors (Lipinski definition) is 3. The van der Waals surface area contributed by atoms with E-state index in [1.165, 1.54) is 12.1 Å². The predicted octanol–water partition coefficient (Wildman–Crippen LogP) is 3.38. The zero-order valence-electron chi connectivity index (χ0n) is 10.8. The van der Waals surface area contributed by atoms with Crippen LogP contribution in [0.1, 0.15) is 21.5 Å². The molecule has 19 heavy (non-hydrogen) atoms. The minimum Gasteiger partial charge on any atom is -0.478 e. The second-order valence-corrected chi connectivity index (χ2v) is 4.36. The zero-order valence-corrected chi connectivity index (χ0v) is 10.8. The minimum atomic E-state index is -1.01. The molecule has 0 aliphatic carbocycles. The first-order chi connectivity index (χ1) is 8.99. The Morgan fingerprint density at radius 3 is 2.53 bits per heavy atom. The lowest BCUT2D eigenvalue weighted by Crippen LogP contribution is -2.00. The lowest BCUT2D eigenvalue weighted by molar-refractivity contribution is 0.0697. The summed E-state index contributed by atoms with van der Waals surface area (Å²) in [5, 5.41) is 8.87. The van der Waals surface area contributed by atoms with Gasteiger partial charge in [-0.25, -0.2) is 4.79 Å². The molecule has 0 heterocycles. The topological polar surface area (TPSA) is 72.5 Å². The van der Waals surface area contributed by atoms with Crippen molar-refractivity contribution in [2.75, 3.05) is 5.73 Å². The van der Waals surface area contributed by atoms with Crippen LogP contribution in [0.25, 0.3) is 0 Å². The van der Waals surface area contributed by atoms with Gasteiger partial charge in [0, 0.05) is 0 Å². The SMILES string of the molecule is Cc1cccc(Oc2ccc(C(=O)O)cc2N)c1C. The van der Waals surface area contributed by atoms with Crippen LogP contribution in [0.2, 0.25) is 0 Å². The fraction of sp³-hybridized carbons (Fsp3) is 0.133. The van der Waals surface area contributed by atoms with Crippen molar-refractivity contribution in [1.29, 1.82) is 0 Å². The smallest absolute Gasteiger partial charge is 0.335 e. The van der Waals surface area contributed by atoms with E-state index in [0.29, 0.717) is 11.4 Å². The first-order valence-electron chi connectivity index (χ1n) is 5.86. The first kappa shape index (κ1) is 13.0. The number of rotatable bonds is 3. The average molecular weight is 257 g/mol. The lowest BCUT2D eigenvalue weighted by atomic mass is 10.1. The summed E-state index contributed by atoms with van der Waals surface area (Å²) in [4.78, 5) is 10.8. The quantitative estimate of drug-likeness (QED) is 0.827.